The van der Waals surface area contributed by atoms with Crippen LogP contribution in [-0.2, 0) is 14.8 Å². The molecule has 0 amide bonds. The fourth-order valence-corrected chi connectivity index (χ4v) is 3.84. The fourth-order valence-electron chi connectivity index (χ4n) is 2.22. The molecule has 0 aliphatic carbocycles. The molecular formula is C14H19NO3S. The lowest BCUT2D eigenvalue weighted by atomic mass is 10.0. The average molecular weight is 281 g/mol. The van der Waals surface area contributed by atoms with E-state index in [2.05, 4.69) is 0 Å². The zero-order chi connectivity index (χ0) is 14.2. The highest BCUT2D eigenvalue weighted by Gasteiger charge is 2.32. The van der Waals surface area contributed by atoms with Crippen LogP contribution < -0.4 is 0 Å². The maximum absolute atomic E-state index is 12.5. The molecule has 0 N–H and O–H groups in total. The third-order valence-electron chi connectivity index (χ3n) is 3.75. The number of piperidine rings is 1. The van der Waals surface area contributed by atoms with E-state index < -0.39 is 10.0 Å². The molecule has 0 spiro atoms. The van der Waals surface area contributed by atoms with E-state index in [1.165, 1.54) is 4.31 Å². The first-order chi connectivity index (χ1) is 8.82. The molecule has 1 saturated heterocycles. The second kappa shape index (κ2) is 5.06. The van der Waals surface area contributed by atoms with Crippen molar-refractivity contribution in [1.29, 1.82) is 0 Å². The van der Waals surface area contributed by atoms with Gasteiger partial charge in [-0.05, 0) is 37.1 Å². The van der Waals surface area contributed by atoms with Gasteiger partial charge >= 0.3 is 0 Å². The summed E-state index contributed by atoms with van der Waals surface area (Å²) in [5.41, 5.74) is 2.03. The van der Waals surface area contributed by atoms with Crippen LogP contribution in [0, 0.1) is 19.8 Å². The number of carbonyl (C=O) groups is 1. The summed E-state index contributed by atoms with van der Waals surface area (Å²) in [6.07, 6.45) is 0.311. The van der Waals surface area contributed by atoms with Crippen LogP contribution in [0.2, 0.25) is 0 Å². The standard InChI is InChI=1S/C14H19NO3S/c1-10-4-5-13(8-11(10)2)19(17,18)15-7-6-14(16)12(3)9-15/h4-5,8,12H,6-7,9H2,1-3H3. The molecule has 5 heteroatoms. The van der Waals surface area contributed by atoms with E-state index >= 15 is 0 Å². The predicted molar refractivity (Wildman–Crippen MR) is 73.5 cm³/mol. The fraction of sp³-hybridized carbons (Fsp3) is 0.500. The predicted octanol–water partition coefficient (Wildman–Crippen LogP) is 1.90. The largest absolute Gasteiger partial charge is 0.299 e. The Kier molecular flexibility index (Phi) is 3.78. The SMILES string of the molecule is Cc1ccc(S(=O)(=O)N2CCC(=O)C(C)C2)cc1C. The Morgan fingerprint density at radius 3 is 2.47 bits per heavy atom. The Hall–Kier alpha value is -1.20. The van der Waals surface area contributed by atoms with Gasteiger partial charge in [0.15, 0.2) is 0 Å². The molecule has 19 heavy (non-hydrogen) atoms. The molecule has 1 atom stereocenters. The Morgan fingerprint density at radius 2 is 1.89 bits per heavy atom. The summed E-state index contributed by atoms with van der Waals surface area (Å²) in [5.74, 6) is -0.0680. The van der Waals surface area contributed by atoms with Crippen LogP contribution in [0.15, 0.2) is 23.1 Å². The van der Waals surface area contributed by atoms with E-state index in [-0.39, 0.29) is 18.2 Å². The summed E-state index contributed by atoms with van der Waals surface area (Å²) in [6, 6.07) is 5.16. The molecule has 1 heterocycles. The molecule has 1 unspecified atom stereocenters. The van der Waals surface area contributed by atoms with Crippen LogP contribution in [0.1, 0.15) is 24.5 Å². The van der Waals surface area contributed by atoms with Crippen molar-refractivity contribution in [2.24, 2.45) is 5.92 Å². The molecule has 1 aliphatic rings. The summed E-state index contributed by atoms with van der Waals surface area (Å²) < 4.78 is 26.5. The lowest BCUT2D eigenvalue weighted by molar-refractivity contribution is -0.124. The number of aryl methyl sites for hydroxylation is 2. The van der Waals surface area contributed by atoms with Gasteiger partial charge in [0.2, 0.25) is 10.0 Å². The minimum absolute atomic E-state index is 0.145. The Bertz CT molecular complexity index is 607. The first kappa shape index (κ1) is 14.2. The van der Waals surface area contributed by atoms with Crippen molar-refractivity contribution in [1.82, 2.24) is 4.31 Å². The van der Waals surface area contributed by atoms with Crippen LogP contribution in [0.25, 0.3) is 0 Å². The number of benzene rings is 1. The Labute approximate surface area is 114 Å². The van der Waals surface area contributed by atoms with E-state index in [1.54, 1.807) is 19.1 Å². The van der Waals surface area contributed by atoms with Gasteiger partial charge in [0.05, 0.1) is 4.90 Å². The summed E-state index contributed by atoms with van der Waals surface area (Å²) in [4.78, 5) is 11.8. The van der Waals surface area contributed by atoms with E-state index in [9.17, 15) is 13.2 Å². The molecule has 2 rings (SSSR count). The van der Waals surface area contributed by atoms with Crippen molar-refractivity contribution in [2.75, 3.05) is 13.1 Å². The third kappa shape index (κ3) is 2.72. The number of rotatable bonds is 2. The molecule has 0 aromatic heterocycles. The summed E-state index contributed by atoms with van der Waals surface area (Å²) >= 11 is 0. The maximum Gasteiger partial charge on any atom is 0.243 e. The average Bonchev–Trinajstić information content (AvgIpc) is 2.35. The lowest BCUT2D eigenvalue weighted by Gasteiger charge is -2.29. The van der Waals surface area contributed by atoms with Gasteiger partial charge in [-0.15, -0.1) is 0 Å². The number of nitrogens with zero attached hydrogens (tertiary/aromatic N) is 1. The van der Waals surface area contributed by atoms with Crippen molar-refractivity contribution >= 4 is 15.8 Å². The molecule has 0 saturated carbocycles. The number of hydrogen-bond donors (Lipinski definition) is 0. The van der Waals surface area contributed by atoms with Crippen LogP contribution in [0.4, 0.5) is 0 Å². The molecule has 4 nitrogen and oxygen atoms in total. The van der Waals surface area contributed by atoms with E-state index in [1.807, 2.05) is 19.9 Å². The summed E-state index contributed by atoms with van der Waals surface area (Å²) in [6.45, 7) is 6.21. The molecule has 0 radical (unpaired) electrons. The minimum Gasteiger partial charge on any atom is -0.299 e. The molecule has 1 fully saturated rings. The monoisotopic (exact) mass is 281 g/mol. The maximum atomic E-state index is 12.5. The molecular weight excluding hydrogens is 262 g/mol. The van der Waals surface area contributed by atoms with Gasteiger partial charge in [-0.2, -0.15) is 4.31 Å². The van der Waals surface area contributed by atoms with E-state index in [0.717, 1.165) is 11.1 Å². The highest BCUT2D eigenvalue weighted by Crippen LogP contribution is 2.23. The number of hydrogen-bond acceptors (Lipinski definition) is 3. The molecule has 104 valence electrons. The second-order valence-corrected chi connectivity index (χ2v) is 7.16. The van der Waals surface area contributed by atoms with Crippen molar-refractivity contribution in [3.8, 4) is 0 Å². The van der Waals surface area contributed by atoms with Crippen molar-refractivity contribution < 1.29 is 13.2 Å². The van der Waals surface area contributed by atoms with E-state index in [4.69, 9.17) is 0 Å². The third-order valence-corrected chi connectivity index (χ3v) is 5.61. The Balaban J connectivity index is 2.32. The highest BCUT2D eigenvalue weighted by molar-refractivity contribution is 7.89. The number of sulfonamides is 1. The smallest absolute Gasteiger partial charge is 0.243 e. The zero-order valence-electron chi connectivity index (χ0n) is 11.5. The molecule has 1 aromatic carbocycles. The number of Topliss-reactive ketones (excluding diaryl/α,β-unsaturated/α-hetero) is 1. The van der Waals surface area contributed by atoms with Gasteiger partial charge < -0.3 is 0 Å². The minimum atomic E-state index is -3.48. The van der Waals surface area contributed by atoms with Crippen molar-refractivity contribution in [3.63, 3.8) is 0 Å². The van der Waals surface area contributed by atoms with Crippen molar-refractivity contribution in [2.45, 2.75) is 32.1 Å². The highest BCUT2D eigenvalue weighted by atomic mass is 32.2. The topological polar surface area (TPSA) is 54.5 Å². The van der Waals surface area contributed by atoms with Gasteiger partial charge in [0, 0.05) is 25.4 Å². The van der Waals surface area contributed by atoms with Gasteiger partial charge in [-0.25, -0.2) is 8.42 Å². The lowest BCUT2D eigenvalue weighted by Crippen LogP contribution is -2.43. The van der Waals surface area contributed by atoms with Crippen LogP contribution >= 0.6 is 0 Å². The molecule has 1 aliphatic heterocycles. The van der Waals surface area contributed by atoms with Crippen LogP contribution in [0.3, 0.4) is 0 Å². The number of carbonyl (C=O) groups excluding carboxylic acids is 1. The number of ketones is 1. The summed E-state index contributed by atoms with van der Waals surface area (Å²) in [7, 11) is -3.48. The zero-order valence-corrected chi connectivity index (χ0v) is 12.3. The van der Waals surface area contributed by atoms with Crippen LogP contribution in [0.5, 0.6) is 0 Å². The molecule has 1 aromatic rings. The Morgan fingerprint density at radius 1 is 1.21 bits per heavy atom. The van der Waals surface area contributed by atoms with E-state index in [0.29, 0.717) is 17.9 Å². The summed E-state index contributed by atoms with van der Waals surface area (Å²) in [5, 5.41) is 0. The first-order valence-electron chi connectivity index (χ1n) is 6.42. The van der Waals surface area contributed by atoms with Crippen LogP contribution in [-0.4, -0.2) is 31.6 Å². The van der Waals surface area contributed by atoms with Gasteiger partial charge in [-0.3, -0.25) is 4.79 Å². The normalized spacial score (nSPS) is 21.6. The van der Waals surface area contributed by atoms with Gasteiger partial charge in [-0.1, -0.05) is 13.0 Å². The molecule has 0 bridgehead atoms. The van der Waals surface area contributed by atoms with Gasteiger partial charge in [0.25, 0.3) is 0 Å². The first-order valence-corrected chi connectivity index (χ1v) is 7.86. The quantitative estimate of drug-likeness (QED) is 0.832. The van der Waals surface area contributed by atoms with Gasteiger partial charge in [0.1, 0.15) is 5.78 Å². The second-order valence-electron chi connectivity index (χ2n) is 5.23. The van der Waals surface area contributed by atoms with Crippen molar-refractivity contribution in [3.05, 3.63) is 29.3 Å².